The summed E-state index contributed by atoms with van der Waals surface area (Å²) in [5.41, 5.74) is 2.79. The Morgan fingerprint density at radius 1 is 1.13 bits per heavy atom. The largest absolute Gasteiger partial charge is 0.360 e. The van der Waals surface area contributed by atoms with Crippen LogP contribution in [0.4, 0.5) is 11.6 Å². The van der Waals surface area contributed by atoms with Gasteiger partial charge in [-0.1, -0.05) is 11.2 Å². The predicted octanol–water partition coefficient (Wildman–Crippen LogP) is 2.21. The number of rotatable bonds is 5. The number of amides is 1. The van der Waals surface area contributed by atoms with E-state index in [0.717, 1.165) is 48.9 Å². The molecule has 1 N–H and O–H groups in total. The highest BCUT2D eigenvalue weighted by molar-refractivity contribution is 5.91. The standard InChI is InChI=1S/C21H25N7O2/c1-14-12-18(26-30-14)24-19(29)13-27-8-10-28(11-9-27)21-15(2)16(3)23-20(25-21)17-6-4-5-7-22-17/h4-7,12H,8-11,13H2,1-3H3,(H,24,26,29). The summed E-state index contributed by atoms with van der Waals surface area (Å²) in [6.07, 6.45) is 1.75. The number of aromatic nitrogens is 4. The first-order chi connectivity index (χ1) is 14.5. The number of anilines is 2. The normalized spacial score (nSPS) is 14.7. The number of pyridine rings is 1. The number of nitrogens with one attached hydrogen (secondary N) is 1. The fraction of sp³-hybridized carbons (Fsp3) is 0.381. The molecule has 0 bridgehead atoms. The van der Waals surface area contributed by atoms with Gasteiger partial charge in [0.15, 0.2) is 11.6 Å². The lowest BCUT2D eigenvalue weighted by molar-refractivity contribution is -0.117. The zero-order valence-corrected chi connectivity index (χ0v) is 17.4. The van der Waals surface area contributed by atoms with Gasteiger partial charge in [-0.25, -0.2) is 9.97 Å². The smallest absolute Gasteiger partial charge is 0.239 e. The zero-order chi connectivity index (χ0) is 21.1. The maximum Gasteiger partial charge on any atom is 0.239 e. The zero-order valence-electron chi connectivity index (χ0n) is 17.4. The molecular weight excluding hydrogens is 382 g/mol. The Labute approximate surface area is 175 Å². The number of hydrogen-bond donors (Lipinski definition) is 1. The Morgan fingerprint density at radius 3 is 2.60 bits per heavy atom. The highest BCUT2D eigenvalue weighted by atomic mass is 16.5. The van der Waals surface area contributed by atoms with Gasteiger partial charge in [0.2, 0.25) is 5.91 Å². The second-order valence-corrected chi connectivity index (χ2v) is 7.43. The number of hydrogen-bond acceptors (Lipinski definition) is 8. The van der Waals surface area contributed by atoms with Crippen LogP contribution < -0.4 is 10.2 Å². The third-order valence-corrected chi connectivity index (χ3v) is 5.19. The molecule has 1 aliphatic rings. The molecule has 1 saturated heterocycles. The molecule has 4 heterocycles. The fourth-order valence-corrected chi connectivity index (χ4v) is 3.46. The van der Waals surface area contributed by atoms with Gasteiger partial charge in [0.25, 0.3) is 0 Å². The van der Waals surface area contributed by atoms with Crippen LogP contribution in [0.15, 0.2) is 35.0 Å². The highest BCUT2D eigenvalue weighted by Gasteiger charge is 2.23. The monoisotopic (exact) mass is 407 g/mol. The van der Waals surface area contributed by atoms with Crippen molar-refractivity contribution in [1.29, 1.82) is 0 Å². The van der Waals surface area contributed by atoms with Crippen LogP contribution in [-0.2, 0) is 4.79 Å². The summed E-state index contributed by atoms with van der Waals surface area (Å²) < 4.78 is 4.98. The van der Waals surface area contributed by atoms with Gasteiger partial charge in [0.05, 0.1) is 6.54 Å². The third-order valence-electron chi connectivity index (χ3n) is 5.19. The minimum Gasteiger partial charge on any atom is -0.360 e. The molecule has 9 heteroatoms. The van der Waals surface area contributed by atoms with Crippen LogP contribution >= 0.6 is 0 Å². The van der Waals surface area contributed by atoms with E-state index in [2.05, 4.69) is 30.2 Å². The Hall–Kier alpha value is -3.33. The topological polar surface area (TPSA) is 100 Å². The molecule has 0 spiro atoms. The Morgan fingerprint density at radius 2 is 1.93 bits per heavy atom. The highest BCUT2D eigenvalue weighted by Crippen LogP contribution is 2.24. The van der Waals surface area contributed by atoms with Crippen molar-refractivity contribution in [3.63, 3.8) is 0 Å². The second kappa shape index (κ2) is 8.58. The molecule has 1 amide bonds. The summed E-state index contributed by atoms with van der Waals surface area (Å²) in [6.45, 7) is 9.27. The van der Waals surface area contributed by atoms with E-state index in [9.17, 15) is 4.79 Å². The minimum absolute atomic E-state index is 0.0942. The molecule has 0 unspecified atom stereocenters. The summed E-state index contributed by atoms with van der Waals surface area (Å²) in [6, 6.07) is 7.44. The van der Waals surface area contributed by atoms with E-state index in [1.54, 1.807) is 19.2 Å². The Bertz CT molecular complexity index is 1030. The lowest BCUT2D eigenvalue weighted by Gasteiger charge is -2.35. The first-order valence-electron chi connectivity index (χ1n) is 9.96. The van der Waals surface area contributed by atoms with Crippen LogP contribution in [0.25, 0.3) is 11.5 Å². The first-order valence-corrected chi connectivity index (χ1v) is 9.96. The van der Waals surface area contributed by atoms with Crippen LogP contribution in [0, 0.1) is 20.8 Å². The van der Waals surface area contributed by atoms with E-state index in [0.29, 0.717) is 23.9 Å². The molecule has 0 aliphatic carbocycles. The van der Waals surface area contributed by atoms with E-state index in [4.69, 9.17) is 9.51 Å². The van der Waals surface area contributed by atoms with Crippen LogP contribution in [0.1, 0.15) is 17.0 Å². The molecule has 0 atom stereocenters. The molecule has 0 radical (unpaired) electrons. The number of piperazine rings is 1. The molecule has 9 nitrogen and oxygen atoms in total. The van der Waals surface area contributed by atoms with Gasteiger partial charge >= 0.3 is 0 Å². The van der Waals surface area contributed by atoms with Gasteiger partial charge in [-0.3, -0.25) is 14.7 Å². The van der Waals surface area contributed by atoms with E-state index >= 15 is 0 Å². The van der Waals surface area contributed by atoms with Crippen molar-refractivity contribution in [2.45, 2.75) is 20.8 Å². The van der Waals surface area contributed by atoms with Crippen LogP contribution in [-0.4, -0.2) is 63.6 Å². The molecule has 3 aromatic rings. The summed E-state index contributed by atoms with van der Waals surface area (Å²) in [5, 5.41) is 6.57. The van der Waals surface area contributed by atoms with E-state index in [-0.39, 0.29) is 5.91 Å². The van der Waals surface area contributed by atoms with Crippen molar-refractivity contribution < 1.29 is 9.32 Å². The van der Waals surface area contributed by atoms with Crippen molar-refractivity contribution in [2.24, 2.45) is 0 Å². The summed E-state index contributed by atoms with van der Waals surface area (Å²) in [5.74, 6) is 2.59. The lowest BCUT2D eigenvalue weighted by atomic mass is 10.2. The minimum atomic E-state index is -0.0942. The van der Waals surface area contributed by atoms with Crippen LogP contribution in [0.3, 0.4) is 0 Å². The van der Waals surface area contributed by atoms with Crippen molar-refractivity contribution in [1.82, 2.24) is 25.0 Å². The van der Waals surface area contributed by atoms with Crippen molar-refractivity contribution >= 4 is 17.5 Å². The fourth-order valence-electron chi connectivity index (χ4n) is 3.46. The van der Waals surface area contributed by atoms with Gasteiger partial charge in [-0.05, 0) is 32.9 Å². The van der Waals surface area contributed by atoms with E-state index in [1.807, 2.05) is 32.0 Å². The quantitative estimate of drug-likeness (QED) is 0.687. The molecule has 0 aromatic carbocycles. The van der Waals surface area contributed by atoms with Gasteiger partial charge in [-0.2, -0.15) is 0 Å². The maximum atomic E-state index is 12.3. The maximum absolute atomic E-state index is 12.3. The van der Waals surface area contributed by atoms with Gasteiger partial charge in [0, 0.05) is 49.7 Å². The molecule has 1 aliphatic heterocycles. The first kappa shape index (κ1) is 20.0. The Balaban J connectivity index is 1.40. The average molecular weight is 407 g/mol. The number of carbonyl (C=O) groups excluding carboxylic acids is 1. The molecule has 156 valence electrons. The van der Waals surface area contributed by atoms with Crippen LogP contribution in [0.2, 0.25) is 0 Å². The third kappa shape index (κ3) is 4.46. The molecule has 1 fully saturated rings. The second-order valence-electron chi connectivity index (χ2n) is 7.43. The summed E-state index contributed by atoms with van der Waals surface area (Å²) in [4.78, 5) is 30.5. The van der Waals surface area contributed by atoms with Crippen molar-refractivity contribution in [3.8, 4) is 11.5 Å². The summed E-state index contributed by atoms with van der Waals surface area (Å²) in [7, 11) is 0. The Kier molecular flexibility index (Phi) is 5.71. The van der Waals surface area contributed by atoms with Gasteiger partial charge < -0.3 is 14.7 Å². The SMILES string of the molecule is Cc1cc(NC(=O)CN2CCN(c3nc(-c4ccccn4)nc(C)c3C)CC2)no1. The average Bonchev–Trinajstić information content (AvgIpc) is 3.15. The van der Waals surface area contributed by atoms with Crippen molar-refractivity contribution in [3.05, 3.63) is 47.5 Å². The van der Waals surface area contributed by atoms with Gasteiger partial charge in [0.1, 0.15) is 17.3 Å². The summed E-state index contributed by atoms with van der Waals surface area (Å²) >= 11 is 0. The predicted molar refractivity (Wildman–Crippen MR) is 113 cm³/mol. The molecule has 3 aromatic heterocycles. The molecule has 4 rings (SSSR count). The van der Waals surface area contributed by atoms with E-state index < -0.39 is 0 Å². The molecule has 30 heavy (non-hydrogen) atoms. The number of aryl methyl sites for hydroxylation is 2. The van der Waals surface area contributed by atoms with Crippen molar-refractivity contribution in [2.75, 3.05) is 42.9 Å². The number of nitrogens with zero attached hydrogens (tertiary/aromatic N) is 6. The van der Waals surface area contributed by atoms with E-state index in [1.165, 1.54) is 0 Å². The molecule has 0 saturated carbocycles. The van der Waals surface area contributed by atoms with Crippen LogP contribution in [0.5, 0.6) is 0 Å². The van der Waals surface area contributed by atoms with Gasteiger partial charge in [-0.15, -0.1) is 0 Å². The molecular formula is C21H25N7O2. The number of carbonyl (C=O) groups is 1. The lowest BCUT2D eigenvalue weighted by Crippen LogP contribution is -2.49.